The number of nitrogens with two attached hydrogens (primary N) is 1. The maximum absolute atomic E-state index is 11.1. The number of hydrogen-bond donors (Lipinski definition) is 2. The molecule has 0 radical (unpaired) electrons. The van der Waals surface area contributed by atoms with Crippen LogP contribution in [0.2, 0.25) is 0 Å². The Labute approximate surface area is 96.8 Å². The molecule has 3 nitrogen and oxygen atoms in total. The minimum Gasteiger partial charge on any atom is -0.481 e. The van der Waals surface area contributed by atoms with Crippen molar-refractivity contribution in [2.75, 3.05) is 0 Å². The SMILES string of the molecule is CC1(C)[C@H]2C[C@H](C(=O)O)[C@](C)(N)[C@@H]1C2.Cl. The van der Waals surface area contributed by atoms with E-state index in [9.17, 15) is 4.79 Å². The normalized spacial score (nSPS) is 46.3. The summed E-state index contributed by atoms with van der Waals surface area (Å²) < 4.78 is 0. The zero-order chi connectivity index (χ0) is 10.7. The minimum absolute atomic E-state index is 0. The first-order valence-corrected chi connectivity index (χ1v) is 5.29. The van der Waals surface area contributed by atoms with E-state index in [2.05, 4.69) is 13.8 Å². The third kappa shape index (κ3) is 1.48. The van der Waals surface area contributed by atoms with E-state index < -0.39 is 11.5 Å². The van der Waals surface area contributed by atoms with Crippen LogP contribution in [0.25, 0.3) is 0 Å². The molecule has 3 fully saturated rings. The fourth-order valence-corrected chi connectivity index (χ4v) is 3.62. The zero-order valence-corrected chi connectivity index (χ0v) is 10.3. The fourth-order valence-electron chi connectivity index (χ4n) is 3.62. The highest BCUT2D eigenvalue weighted by molar-refractivity contribution is 5.85. The third-order valence-corrected chi connectivity index (χ3v) is 4.79. The first-order chi connectivity index (χ1) is 6.28. The molecular weight excluding hydrogens is 214 g/mol. The summed E-state index contributed by atoms with van der Waals surface area (Å²) in [5.74, 6) is -0.139. The molecule has 4 heteroatoms. The fraction of sp³-hybridized carbons (Fsp3) is 0.909. The van der Waals surface area contributed by atoms with Gasteiger partial charge in [0.25, 0.3) is 0 Å². The zero-order valence-electron chi connectivity index (χ0n) is 9.49. The van der Waals surface area contributed by atoms with Gasteiger partial charge in [-0.2, -0.15) is 0 Å². The molecule has 3 aliphatic carbocycles. The molecule has 3 saturated carbocycles. The number of carbonyl (C=O) groups is 1. The van der Waals surface area contributed by atoms with E-state index in [1.54, 1.807) is 0 Å². The van der Waals surface area contributed by atoms with Gasteiger partial charge in [0.2, 0.25) is 0 Å². The van der Waals surface area contributed by atoms with Gasteiger partial charge < -0.3 is 10.8 Å². The van der Waals surface area contributed by atoms with Gasteiger partial charge in [-0.1, -0.05) is 13.8 Å². The average molecular weight is 234 g/mol. The van der Waals surface area contributed by atoms with E-state index in [0.717, 1.165) is 12.8 Å². The van der Waals surface area contributed by atoms with Crippen LogP contribution in [0.1, 0.15) is 33.6 Å². The second-order valence-corrected chi connectivity index (χ2v) is 5.80. The highest BCUT2D eigenvalue weighted by Gasteiger charge is 2.63. The largest absolute Gasteiger partial charge is 0.481 e. The molecule has 3 aliphatic rings. The van der Waals surface area contributed by atoms with E-state index in [0.29, 0.717) is 11.8 Å². The number of aliphatic carboxylic acids is 1. The Morgan fingerprint density at radius 3 is 2.20 bits per heavy atom. The van der Waals surface area contributed by atoms with Gasteiger partial charge in [0.1, 0.15) is 0 Å². The summed E-state index contributed by atoms with van der Waals surface area (Å²) in [5, 5.41) is 9.10. The Morgan fingerprint density at radius 2 is 1.87 bits per heavy atom. The summed E-state index contributed by atoms with van der Waals surface area (Å²) in [6, 6.07) is 0. The van der Waals surface area contributed by atoms with Gasteiger partial charge in [0.15, 0.2) is 0 Å². The van der Waals surface area contributed by atoms with Gasteiger partial charge in [-0.3, -0.25) is 4.79 Å². The molecule has 4 atom stereocenters. The van der Waals surface area contributed by atoms with Gasteiger partial charge in [-0.25, -0.2) is 0 Å². The highest BCUT2D eigenvalue weighted by atomic mass is 35.5. The van der Waals surface area contributed by atoms with Gasteiger partial charge >= 0.3 is 5.97 Å². The standard InChI is InChI=1S/C11H19NO2.ClH/c1-10(2)6-4-7(9(13)14)11(3,12)8(10)5-6;/h6-8H,4-5,12H2,1-3H3,(H,13,14);1H/t6-,7+,8+,11-;/m0./s1. The van der Waals surface area contributed by atoms with Crippen molar-refractivity contribution >= 4 is 18.4 Å². The van der Waals surface area contributed by atoms with Crippen LogP contribution in [-0.2, 0) is 4.79 Å². The quantitative estimate of drug-likeness (QED) is 0.727. The Balaban J connectivity index is 0.00000112. The van der Waals surface area contributed by atoms with Gasteiger partial charge in [0, 0.05) is 5.54 Å². The Kier molecular flexibility index (Phi) is 2.86. The molecule has 2 bridgehead atoms. The molecule has 0 aromatic rings. The summed E-state index contributed by atoms with van der Waals surface area (Å²) in [4.78, 5) is 11.1. The molecule has 0 spiro atoms. The molecule has 0 aliphatic heterocycles. The molecule has 88 valence electrons. The van der Waals surface area contributed by atoms with Crippen LogP contribution < -0.4 is 5.73 Å². The molecule has 0 saturated heterocycles. The maximum atomic E-state index is 11.1. The first-order valence-electron chi connectivity index (χ1n) is 5.29. The van der Waals surface area contributed by atoms with Gasteiger partial charge in [-0.15, -0.1) is 12.4 Å². The minimum atomic E-state index is -0.722. The molecule has 0 aromatic carbocycles. The molecule has 0 unspecified atom stereocenters. The van der Waals surface area contributed by atoms with Crippen LogP contribution in [-0.4, -0.2) is 16.6 Å². The van der Waals surface area contributed by atoms with Crippen molar-refractivity contribution in [3.05, 3.63) is 0 Å². The smallest absolute Gasteiger partial charge is 0.308 e. The Morgan fingerprint density at radius 1 is 1.33 bits per heavy atom. The van der Waals surface area contributed by atoms with Crippen molar-refractivity contribution in [2.45, 2.75) is 39.2 Å². The number of carboxylic acids is 1. The maximum Gasteiger partial charge on any atom is 0.308 e. The second kappa shape index (κ2) is 3.36. The molecule has 0 amide bonds. The molecule has 0 heterocycles. The predicted molar refractivity (Wildman–Crippen MR) is 61.0 cm³/mol. The van der Waals surface area contributed by atoms with Crippen LogP contribution >= 0.6 is 12.4 Å². The lowest BCUT2D eigenvalue weighted by Gasteiger charge is -2.65. The van der Waals surface area contributed by atoms with Gasteiger partial charge in [0.05, 0.1) is 5.92 Å². The van der Waals surface area contributed by atoms with Crippen LogP contribution in [0.3, 0.4) is 0 Å². The van der Waals surface area contributed by atoms with Crippen molar-refractivity contribution in [3.63, 3.8) is 0 Å². The van der Waals surface area contributed by atoms with Crippen molar-refractivity contribution in [1.29, 1.82) is 0 Å². The van der Waals surface area contributed by atoms with Gasteiger partial charge in [-0.05, 0) is 37.0 Å². The number of fused-ring (bicyclic) bond motifs is 2. The van der Waals surface area contributed by atoms with Crippen molar-refractivity contribution in [1.82, 2.24) is 0 Å². The summed E-state index contributed by atoms with van der Waals surface area (Å²) in [7, 11) is 0. The van der Waals surface area contributed by atoms with E-state index in [1.807, 2.05) is 6.92 Å². The first kappa shape index (κ1) is 12.8. The third-order valence-electron chi connectivity index (χ3n) is 4.79. The summed E-state index contributed by atoms with van der Waals surface area (Å²) in [6.45, 7) is 6.34. The molecule has 15 heavy (non-hydrogen) atoms. The Hall–Kier alpha value is -0.280. The van der Waals surface area contributed by atoms with E-state index >= 15 is 0 Å². The number of halogens is 1. The van der Waals surface area contributed by atoms with E-state index in [-0.39, 0.29) is 23.7 Å². The van der Waals surface area contributed by atoms with Crippen LogP contribution in [0.4, 0.5) is 0 Å². The summed E-state index contributed by atoms with van der Waals surface area (Å²) in [5.41, 5.74) is 5.92. The monoisotopic (exact) mass is 233 g/mol. The van der Waals surface area contributed by atoms with Crippen molar-refractivity contribution in [2.24, 2.45) is 28.9 Å². The number of rotatable bonds is 1. The summed E-state index contributed by atoms with van der Waals surface area (Å²) >= 11 is 0. The topological polar surface area (TPSA) is 63.3 Å². The Bertz CT molecular complexity index is 288. The number of carboxylic acid groups (broad SMARTS) is 1. The van der Waals surface area contributed by atoms with Crippen LogP contribution in [0.5, 0.6) is 0 Å². The molecule has 3 rings (SSSR count). The summed E-state index contributed by atoms with van der Waals surface area (Å²) in [6.07, 6.45) is 1.87. The second-order valence-electron chi connectivity index (χ2n) is 5.80. The van der Waals surface area contributed by atoms with Crippen LogP contribution in [0.15, 0.2) is 0 Å². The lowest BCUT2D eigenvalue weighted by molar-refractivity contribution is -0.173. The number of hydrogen-bond acceptors (Lipinski definition) is 2. The van der Waals surface area contributed by atoms with Crippen molar-refractivity contribution in [3.8, 4) is 0 Å². The lowest BCUT2D eigenvalue weighted by atomic mass is 9.41. The average Bonchev–Trinajstić information content (AvgIpc) is 2.00. The molecular formula is C11H20ClNO2. The molecule has 3 N–H and O–H groups in total. The van der Waals surface area contributed by atoms with E-state index in [1.165, 1.54) is 0 Å². The molecule has 0 aromatic heterocycles. The predicted octanol–water partition coefficient (Wildman–Crippen LogP) is 1.89. The van der Waals surface area contributed by atoms with Crippen molar-refractivity contribution < 1.29 is 9.90 Å². The lowest BCUT2D eigenvalue weighted by Crippen LogP contribution is -2.69. The van der Waals surface area contributed by atoms with Crippen LogP contribution in [0, 0.1) is 23.2 Å². The highest BCUT2D eigenvalue weighted by Crippen LogP contribution is 2.63. The van der Waals surface area contributed by atoms with E-state index in [4.69, 9.17) is 10.8 Å².